The number of aryl methyl sites for hydroxylation is 1. The van der Waals surface area contributed by atoms with Crippen LogP contribution < -0.4 is 15.6 Å². The lowest BCUT2D eigenvalue weighted by molar-refractivity contribution is 0.0936. The molecule has 0 aliphatic heterocycles. The highest BCUT2D eigenvalue weighted by Crippen LogP contribution is 2.27. The van der Waals surface area contributed by atoms with Gasteiger partial charge in [0, 0.05) is 12.6 Å². The summed E-state index contributed by atoms with van der Waals surface area (Å²) in [6.07, 6.45) is 0. The van der Waals surface area contributed by atoms with Crippen LogP contribution in [0.5, 0.6) is 5.75 Å². The van der Waals surface area contributed by atoms with E-state index in [0.717, 1.165) is 22.4 Å². The van der Waals surface area contributed by atoms with Crippen molar-refractivity contribution in [3.05, 3.63) is 28.3 Å². The Balaban J connectivity index is 3.30. The molecule has 0 saturated carbocycles. The summed E-state index contributed by atoms with van der Waals surface area (Å²) in [5, 5.41) is 0. The summed E-state index contributed by atoms with van der Waals surface area (Å²) in [6.45, 7) is 5.78. The number of ether oxygens (including phenoxy) is 1. The highest BCUT2D eigenvalue weighted by Gasteiger charge is 2.16. The van der Waals surface area contributed by atoms with E-state index in [2.05, 4.69) is 10.9 Å². The largest absolute Gasteiger partial charge is 0.496 e. The van der Waals surface area contributed by atoms with E-state index in [0.29, 0.717) is 5.56 Å². The predicted molar refractivity (Wildman–Crippen MR) is 63.7 cm³/mol. The van der Waals surface area contributed by atoms with Crippen LogP contribution in [0.1, 0.15) is 27.0 Å². The van der Waals surface area contributed by atoms with Crippen LogP contribution in [0.15, 0.2) is 6.07 Å². The Morgan fingerprint density at radius 3 is 2.38 bits per heavy atom. The fraction of sp³-hybridized carbons (Fsp3) is 0.417. The quantitative estimate of drug-likeness (QED) is 0.762. The summed E-state index contributed by atoms with van der Waals surface area (Å²) in [7, 11) is 3.30. The number of rotatable bonds is 3. The molecule has 0 unspecified atom stereocenters. The van der Waals surface area contributed by atoms with Crippen LogP contribution in [0.2, 0.25) is 0 Å². The van der Waals surface area contributed by atoms with Gasteiger partial charge in [-0.25, -0.2) is 5.43 Å². The molecule has 0 fully saturated rings. The van der Waals surface area contributed by atoms with Crippen LogP contribution in [0.4, 0.5) is 0 Å². The van der Waals surface area contributed by atoms with Gasteiger partial charge in [-0.3, -0.25) is 10.2 Å². The predicted octanol–water partition coefficient (Wildman–Crippen LogP) is 1.48. The molecule has 0 heterocycles. The molecule has 4 heteroatoms. The number of carbonyl (C=O) groups is 1. The van der Waals surface area contributed by atoms with Crippen molar-refractivity contribution >= 4 is 5.91 Å². The highest BCUT2D eigenvalue weighted by molar-refractivity contribution is 5.97. The first-order chi connectivity index (χ1) is 7.52. The molecule has 0 aliphatic carbocycles. The average molecular weight is 222 g/mol. The van der Waals surface area contributed by atoms with Gasteiger partial charge in [0.15, 0.2) is 0 Å². The Labute approximate surface area is 96.0 Å². The number of amides is 1. The van der Waals surface area contributed by atoms with E-state index in [4.69, 9.17) is 4.74 Å². The number of hydrogen-bond acceptors (Lipinski definition) is 3. The molecule has 0 saturated heterocycles. The van der Waals surface area contributed by atoms with Crippen LogP contribution in [-0.4, -0.2) is 20.1 Å². The van der Waals surface area contributed by atoms with Crippen LogP contribution in [0, 0.1) is 20.8 Å². The molecular weight excluding hydrogens is 204 g/mol. The third kappa shape index (κ3) is 2.17. The third-order valence-electron chi connectivity index (χ3n) is 2.73. The fourth-order valence-corrected chi connectivity index (χ4v) is 1.78. The molecule has 0 aliphatic rings. The molecule has 0 spiro atoms. The molecule has 2 N–H and O–H groups in total. The monoisotopic (exact) mass is 222 g/mol. The fourth-order valence-electron chi connectivity index (χ4n) is 1.78. The first-order valence-corrected chi connectivity index (χ1v) is 5.14. The lowest BCUT2D eigenvalue weighted by Gasteiger charge is -2.15. The Hall–Kier alpha value is -1.55. The van der Waals surface area contributed by atoms with Crippen molar-refractivity contribution in [3.63, 3.8) is 0 Å². The molecule has 0 aromatic heterocycles. The molecule has 88 valence electrons. The SMILES string of the molecule is CNNC(=O)c1c(C)cc(OC)c(C)c1C. The van der Waals surface area contributed by atoms with E-state index in [1.165, 1.54) is 0 Å². The number of nitrogens with one attached hydrogen (secondary N) is 2. The maximum Gasteiger partial charge on any atom is 0.265 e. The van der Waals surface area contributed by atoms with Crippen molar-refractivity contribution in [3.8, 4) is 5.75 Å². The molecule has 0 radical (unpaired) electrons. The normalized spacial score (nSPS) is 10.1. The molecule has 0 bridgehead atoms. The van der Waals surface area contributed by atoms with E-state index < -0.39 is 0 Å². The van der Waals surface area contributed by atoms with Gasteiger partial charge in [0.25, 0.3) is 5.91 Å². The summed E-state index contributed by atoms with van der Waals surface area (Å²) in [5.41, 5.74) is 8.77. The zero-order valence-electron chi connectivity index (χ0n) is 10.4. The Morgan fingerprint density at radius 2 is 1.88 bits per heavy atom. The standard InChI is InChI=1S/C12H18N2O2/c1-7-6-10(16-5)8(2)9(3)11(7)12(15)14-13-4/h6,13H,1-5H3,(H,14,15). The average Bonchev–Trinajstić information content (AvgIpc) is 2.24. The van der Waals surface area contributed by atoms with Crippen LogP contribution >= 0.6 is 0 Å². The Bertz CT molecular complexity index is 414. The number of hydrogen-bond donors (Lipinski definition) is 2. The van der Waals surface area contributed by atoms with Gasteiger partial charge in [-0.1, -0.05) is 0 Å². The topological polar surface area (TPSA) is 50.4 Å². The maximum absolute atomic E-state index is 11.8. The molecule has 16 heavy (non-hydrogen) atoms. The van der Waals surface area contributed by atoms with Crippen LogP contribution in [-0.2, 0) is 0 Å². The highest BCUT2D eigenvalue weighted by atomic mass is 16.5. The second kappa shape index (κ2) is 4.99. The van der Waals surface area contributed by atoms with Gasteiger partial charge in [-0.05, 0) is 43.5 Å². The minimum Gasteiger partial charge on any atom is -0.496 e. The van der Waals surface area contributed by atoms with Crippen molar-refractivity contribution in [1.29, 1.82) is 0 Å². The first kappa shape index (κ1) is 12.5. The smallest absolute Gasteiger partial charge is 0.265 e. The molecular formula is C12H18N2O2. The summed E-state index contributed by atoms with van der Waals surface area (Å²) in [5.74, 6) is 0.694. The number of hydrazine groups is 1. The minimum absolute atomic E-state index is 0.122. The Morgan fingerprint density at radius 1 is 1.25 bits per heavy atom. The summed E-state index contributed by atoms with van der Waals surface area (Å²) >= 11 is 0. The van der Waals surface area contributed by atoms with E-state index in [1.807, 2.05) is 26.8 Å². The third-order valence-corrected chi connectivity index (χ3v) is 2.73. The van der Waals surface area contributed by atoms with Gasteiger partial charge in [0.05, 0.1) is 7.11 Å². The van der Waals surface area contributed by atoms with Crippen molar-refractivity contribution in [2.75, 3.05) is 14.2 Å². The van der Waals surface area contributed by atoms with Crippen molar-refractivity contribution < 1.29 is 9.53 Å². The second-order valence-electron chi connectivity index (χ2n) is 3.72. The number of benzene rings is 1. The maximum atomic E-state index is 11.8. The van der Waals surface area contributed by atoms with E-state index >= 15 is 0 Å². The lowest BCUT2D eigenvalue weighted by Crippen LogP contribution is -2.35. The van der Waals surface area contributed by atoms with E-state index in [-0.39, 0.29) is 5.91 Å². The lowest BCUT2D eigenvalue weighted by atomic mass is 9.97. The van der Waals surface area contributed by atoms with Gasteiger partial charge < -0.3 is 4.74 Å². The zero-order chi connectivity index (χ0) is 12.3. The van der Waals surface area contributed by atoms with E-state index in [9.17, 15) is 4.79 Å². The molecule has 1 rings (SSSR count). The molecule has 0 atom stereocenters. The van der Waals surface area contributed by atoms with Crippen molar-refractivity contribution in [1.82, 2.24) is 10.9 Å². The summed E-state index contributed by atoms with van der Waals surface area (Å²) in [6, 6.07) is 1.88. The molecule has 4 nitrogen and oxygen atoms in total. The minimum atomic E-state index is -0.122. The van der Waals surface area contributed by atoms with Gasteiger partial charge >= 0.3 is 0 Å². The van der Waals surface area contributed by atoms with Crippen molar-refractivity contribution in [2.24, 2.45) is 0 Å². The zero-order valence-corrected chi connectivity index (χ0v) is 10.4. The first-order valence-electron chi connectivity index (χ1n) is 5.14. The number of carbonyl (C=O) groups excluding carboxylic acids is 1. The van der Waals surface area contributed by atoms with Gasteiger partial charge in [-0.2, -0.15) is 0 Å². The van der Waals surface area contributed by atoms with Crippen LogP contribution in [0.25, 0.3) is 0 Å². The van der Waals surface area contributed by atoms with Gasteiger partial charge in [-0.15, -0.1) is 0 Å². The molecule has 1 aromatic carbocycles. The molecule has 1 aromatic rings. The molecule has 1 amide bonds. The van der Waals surface area contributed by atoms with Crippen LogP contribution in [0.3, 0.4) is 0 Å². The summed E-state index contributed by atoms with van der Waals surface area (Å²) in [4.78, 5) is 11.8. The van der Waals surface area contributed by atoms with Gasteiger partial charge in [0.1, 0.15) is 5.75 Å². The van der Waals surface area contributed by atoms with E-state index in [1.54, 1.807) is 14.2 Å². The second-order valence-corrected chi connectivity index (χ2v) is 3.72. The van der Waals surface area contributed by atoms with Gasteiger partial charge in [0.2, 0.25) is 0 Å². The van der Waals surface area contributed by atoms with Crippen molar-refractivity contribution in [2.45, 2.75) is 20.8 Å². The summed E-state index contributed by atoms with van der Waals surface area (Å²) < 4.78 is 5.25. The Kier molecular flexibility index (Phi) is 3.90. The number of methoxy groups -OCH3 is 1.